The molecule has 32 heavy (non-hydrogen) atoms. The van der Waals surface area contributed by atoms with Gasteiger partial charge in [0.25, 0.3) is 0 Å². The van der Waals surface area contributed by atoms with E-state index in [0.717, 1.165) is 17.2 Å². The maximum absolute atomic E-state index is 13.7. The van der Waals surface area contributed by atoms with Gasteiger partial charge in [-0.05, 0) is 41.5 Å². The van der Waals surface area contributed by atoms with Crippen molar-refractivity contribution in [1.82, 2.24) is 4.98 Å². The summed E-state index contributed by atoms with van der Waals surface area (Å²) in [5.41, 5.74) is 2.48. The Morgan fingerprint density at radius 3 is 2.22 bits per heavy atom. The van der Waals surface area contributed by atoms with E-state index < -0.39 is 11.8 Å². The fraction of sp³-hybridized carbons (Fsp3) is 0.0800. The minimum Gasteiger partial charge on any atom is -0.493 e. The molecule has 6 nitrogen and oxygen atoms in total. The molecule has 0 amide bonds. The minimum atomic E-state index is -1.32. The Bertz CT molecular complexity index is 1390. The van der Waals surface area contributed by atoms with Crippen molar-refractivity contribution in [2.24, 2.45) is 0 Å². The van der Waals surface area contributed by atoms with Crippen LogP contribution in [0, 0.1) is 17.1 Å². The van der Waals surface area contributed by atoms with Gasteiger partial charge in [0.05, 0.1) is 36.6 Å². The average molecular weight is 428 g/mol. The van der Waals surface area contributed by atoms with E-state index in [9.17, 15) is 19.6 Å². The van der Waals surface area contributed by atoms with E-state index in [1.807, 2.05) is 30.3 Å². The second kappa shape index (κ2) is 8.36. The van der Waals surface area contributed by atoms with E-state index in [4.69, 9.17) is 9.47 Å². The van der Waals surface area contributed by atoms with Crippen molar-refractivity contribution < 1.29 is 23.8 Å². The summed E-state index contributed by atoms with van der Waals surface area (Å²) in [6.07, 6.45) is 0. The van der Waals surface area contributed by atoms with Crippen molar-refractivity contribution in [3.05, 3.63) is 77.6 Å². The molecular formula is C25H17FN2O4. The summed E-state index contributed by atoms with van der Waals surface area (Å²) in [6.45, 7) is 0. The molecule has 0 saturated carbocycles. The molecule has 1 N–H and O–H groups in total. The van der Waals surface area contributed by atoms with Crippen molar-refractivity contribution in [3.8, 4) is 40.0 Å². The molecule has 1 aromatic heterocycles. The van der Waals surface area contributed by atoms with Crippen molar-refractivity contribution in [2.75, 3.05) is 14.2 Å². The molecule has 0 fully saturated rings. The first-order chi connectivity index (χ1) is 15.5. The first kappa shape index (κ1) is 20.8. The number of carboxylic acids is 1. The third-order valence-electron chi connectivity index (χ3n) is 5.15. The van der Waals surface area contributed by atoms with Crippen LogP contribution in [-0.2, 0) is 0 Å². The van der Waals surface area contributed by atoms with Crippen molar-refractivity contribution in [2.45, 2.75) is 0 Å². The molecule has 1 heterocycles. The van der Waals surface area contributed by atoms with Crippen LogP contribution >= 0.6 is 0 Å². The quantitative estimate of drug-likeness (QED) is 0.464. The molecular weight excluding hydrogens is 411 g/mol. The average Bonchev–Trinajstić information content (AvgIpc) is 2.82. The maximum atomic E-state index is 13.7. The predicted octanol–water partition coefficient (Wildman–Crippen LogP) is 5.29. The van der Waals surface area contributed by atoms with Gasteiger partial charge in [-0.3, -0.25) is 0 Å². The molecule has 0 saturated heterocycles. The highest BCUT2D eigenvalue weighted by Gasteiger charge is 2.21. The Labute approximate surface area is 183 Å². The summed E-state index contributed by atoms with van der Waals surface area (Å²) in [4.78, 5) is 16.4. The first-order valence-corrected chi connectivity index (χ1v) is 9.56. The summed E-state index contributed by atoms with van der Waals surface area (Å²) in [5, 5.41) is 19.5. The number of rotatable bonds is 5. The second-order valence-electron chi connectivity index (χ2n) is 6.94. The van der Waals surface area contributed by atoms with Crippen LogP contribution in [0.4, 0.5) is 4.39 Å². The van der Waals surface area contributed by atoms with Crippen LogP contribution in [-0.4, -0.2) is 30.3 Å². The molecule has 0 aliphatic rings. The number of hydrogen-bond donors (Lipinski definition) is 1. The fourth-order valence-corrected chi connectivity index (χ4v) is 3.61. The van der Waals surface area contributed by atoms with E-state index >= 15 is 0 Å². The zero-order valence-electron chi connectivity index (χ0n) is 17.2. The molecule has 0 atom stereocenters. The minimum absolute atomic E-state index is 0.0831. The van der Waals surface area contributed by atoms with Crippen molar-refractivity contribution in [1.29, 1.82) is 5.26 Å². The smallest absolute Gasteiger partial charge is 0.337 e. The molecule has 0 unspecified atom stereocenters. The molecule has 0 aliphatic carbocycles. The lowest BCUT2D eigenvalue weighted by Gasteiger charge is -2.12. The topological polar surface area (TPSA) is 92.4 Å². The van der Waals surface area contributed by atoms with Crippen LogP contribution in [0.3, 0.4) is 0 Å². The van der Waals surface area contributed by atoms with Gasteiger partial charge < -0.3 is 14.6 Å². The highest BCUT2D eigenvalue weighted by atomic mass is 19.1. The molecule has 0 radical (unpaired) electrons. The lowest BCUT2D eigenvalue weighted by atomic mass is 9.96. The van der Waals surface area contributed by atoms with Crippen LogP contribution < -0.4 is 9.47 Å². The summed E-state index contributed by atoms with van der Waals surface area (Å²) in [7, 11) is 3.13. The number of aromatic nitrogens is 1. The lowest BCUT2D eigenvalue weighted by molar-refractivity contribution is 0.0698. The van der Waals surface area contributed by atoms with E-state index in [-0.39, 0.29) is 22.2 Å². The number of nitriles is 1. The molecule has 4 rings (SSSR count). The van der Waals surface area contributed by atoms with Crippen molar-refractivity contribution in [3.63, 3.8) is 0 Å². The van der Waals surface area contributed by atoms with Gasteiger partial charge in [-0.15, -0.1) is 0 Å². The van der Waals surface area contributed by atoms with Crippen molar-refractivity contribution >= 4 is 16.9 Å². The maximum Gasteiger partial charge on any atom is 0.337 e. The number of nitrogens with zero attached hydrogens (tertiary/aromatic N) is 2. The zero-order chi connectivity index (χ0) is 22.8. The highest BCUT2D eigenvalue weighted by molar-refractivity contribution is 6.06. The normalized spacial score (nSPS) is 10.6. The van der Waals surface area contributed by atoms with E-state index in [1.165, 1.54) is 12.1 Å². The van der Waals surface area contributed by atoms with Gasteiger partial charge >= 0.3 is 5.97 Å². The predicted molar refractivity (Wildman–Crippen MR) is 117 cm³/mol. The molecule has 0 bridgehead atoms. The van der Waals surface area contributed by atoms with Gasteiger partial charge in [-0.1, -0.05) is 30.3 Å². The van der Waals surface area contributed by atoms with Gasteiger partial charge in [0.1, 0.15) is 11.9 Å². The molecule has 0 aliphatic heterocycles. The number of fused-ring (bicyclic) bond motifs is 1. The standard InChI is InChI=1S/C25H17FN2O4/c1-31-21-10-7-16(11-22(21)32-2)14-3-5-15(6-4-14)24-19(13-27)23(25(29)30)18-12-17(26)8-9-20(18)28-24/h3-12H,1-2H3,(H,29,30). The van der Waals surface area contributed by atoms with Crippen LogP contribution in [0.2, 0.25) is 0 Å². The van der Waals surface area contributed by atoms with Crippen LogP contribution in [0.25, 0.3) is 33.3 Å². The monoisotopic (exact) mass is 428 g/mol. The zero-order valence-corrected chi connectivity index (χ0v) is 17.2. The number of pyridine rings is 1. The number of hydrogen-bond acceptors (Lipinski definition) is 5. The molecule has 7 heteroatoms. The Balaban J connectivity index is 1.85. The SMILES string of the molecule is COc1ccc(-c2ccc(-c3nc4ccc(F)cc4c(C(=O)O)c3C#N)cc2)cc1OC. The van der Waals surface area contributed by atoms with E-state index in [2.05, 4.69) is 4.98 Å². The number of carboxylic acid groups (broad SMARTS) is 1. The molecule has 158 valence electrons. The third-order valence-corrected chi connectivity index (χ3v) is 5.15. The fourth-order valence-electron chi connectivity index (χ4n) is 3.61. The van der Waals surface area contributed by atoms with Gasteiger partial charge in [0, 0.05) is 10.9 Å². The number of halogens is 1. The van der Waals surface area contributed by atoms with Gasteiger partial charge in [0.15, 0.2) is 11.5 Å². The summed E-state index contributed by atoms with van der Waals surface area (Å²) in [6, 6.07) is 18.4. The second-order valence-corrected chi connectivity index (χ2v) is 6.94. The van der Waals surface area contributed by atoms with Crippen LogP contribution in [0.1, 0.15) is 15.9 Å². The molecule has 4 aromatic rings. The van der Waals surface area contributed by atoms with Gasteiger partial charge in [0.2, 0.25) is 0 Å². The summed E-state index contributed by atoms with van der Waals surface area (Å²) < 4.78 is 24.3. The highest BCUT2D eigenvalue weighted by Crippen LogP contribution is 2.34. The van der Waals surface area contributed by atoms with Crippen LogP contribution in [0.5, 0.6) is 11.5 Å². The van der Waals surface area contributed by atoms with Gasteiger partial charge in [-0.2, -0.15) is 5.26 Å². The summed E-state index contributed by atoms with van der Waals surface area (Å²) in [5.74, 6) is -0.708. The first-order valence-electron chi connectivity index (χ1n) is 9.56. The van der Waals surface area contributed by atoms with Crippen LogP contribution in [0.15, 0.2) is 60.7 Å². The van der Waals surface area contributed by atoms with E-state index in [1.54, 1.807) is 32.4 Å². The van der Waals surface area contributed by atoms with Gasteiger partial charge in [-0.25, -0.2) is 14.2 Å². The number of aromatic carboxylic acids is 1. The molecule has 3 aromatic carbocycles. The Kier molecular flexibility index (Phi) is 5.44. The third kappa shape index (κ3) is 3.59. The largest absolute Gasteiger partial charge is 0.493 e. The number of carbonyl (C=O) groups is 1. The Morgan fingerprint density at radius 1 is 0.938 bits per heavy atom. The van der Waals surface area contributed by atoms with E-state index in [0.29, 0.717) is 22.6 Å². The number of ether oxygens (including phenoxy) is 2. The lowest BCUT2D eigenvalue weighted by Crippen LogP contribution is -2.06. The Morgan fingerprint density at radius 2 is 1.59 bits per heavy atom. The molecule has 0 spiro atoms. The summed E-state index contributed by atoms with van der Waals surface area (Å²) >= 11 is 0. The number of benzene rings is 3. The number of methoxy groups -OCH3 is 2. The Hall–Kier alpha value is -4.44.